The molecule has 1 aliphatic heterocycles. The Labute approximate surface area is 141 Å². The number of carbonyl (C=O) groups is 1. The monoisotopic (exact) mass is 330 g/mol. The quantitative estimate of drug-likeness (QED) is 0.857. The predicted octanol–water partition coefficient (Wildman–Crippen LogP) is 2.54. The van der Waals surface area contributed by atoms with Crippen LogP contribution in [0.5, 0.6) is 0 Å². The van der Waals surface area contributed by atoms with E-state index in [9.17, 15) is 14.3 Å². The molecule has 1 aromatic carbocycles. The van der Waals surface area contributed by atoms with Gasteiger partial charge >= 0.3 is 0 Å². The first-order valence-corrected chi connectivity index (χ1v) is 8.29. The minimum atomic E-state index is -0.316. The van der Waals surface area contributed by atoms with Crippen LogP contribution in [0.25, 0.3) is 0 Å². The van der Waals surface area contributed by atoms with Crippen molar-refractivity contribution in [2.45, 2.75) is 32.9 Å². The Balaban J connectivity index is 1.75. The van der Waals surface area contributed by atoms with Crippen LogP contribution in [0.2, 0.25) is 0 Å². The normalized spacial score (nSPS) is 18.2. The Kier molecular flexibility index (Phi) is 4.83. The zero-order valence-electron chi connectivity index (χ0n) is 14.1. The van der Waals surface area contributed by atoms with Gasteiger partial charge < -0.3 is 9.67 Å². The number of hydrogen-bond donors (Lipinski definition) is 1. The summed E-state index contributed by atoms with van der Waals surface area (Å²) in [6.07, 6.45) is 0.417. The van der Waals surface area contributed by atoms with Gasteiger partial charge in [0.1, 0.15) is 5.82 Å². The molecule has 0 aliphatic carbocycles. The van der Waals surface area contributed by atoms with E-state index in [1.54, 1.807) is 12.1 Å². The summed E-state index contributed by atoms with van der Waals surface area (Å²) >= 11 is 0. The van der Waals surface area contributed by atoms with Gasteiger partial charge in [0.15, 0.2) is 5.78 Å². The van der Waals surface area contributed by atoms with Crippen LogP contribution in [0.4, 0.5) is 4.39 Å². The van der Waals surface area contributed by atoms with Crippen molar-refractivity contribution in [3.8, 4) is 0 Å². The molecule has 1 N–H and O–H groups in total. The van der Waals surface area contributed by atoms with Crippen molar-refractivity contribution in [2.24, 2.45) is 0 Å². The number of likely N-dealkylation sites (tertiary alicyclic amines) is 1. The predicted molar refractivity (Wildman–Crippen MR) is 90.8 cm³/mol. The summed E-state index contributed by atoms with van der Waals surface area (Å²) in [5.41, 5.74) is 3.68. The molecule has 128 valence electrons. The highest BCUT2D eigenvalue weighted by molar-refractivity contribution is 5.99. The number of nitrogens with zero attached hydrogens (tertiary/aromatic N) is 2. The Morgan fingerprint density at radius 2 is 2.00 bits per heavy atom. The Hall–Kier alpha value is -1.98. The molecule has 1 saturated heterocycles. The number of aliphatic hydroxyl groups is 1. The maximum absolute atomic E-state index is 13.0. The number of rotatable bonds is 5. The van der Waals surface area contributed by atoms with Crippen LogP contribution < -0.4 is 0 Å². The average molecular weight is 330 g/mol. The molecule has 1 atom stereocenters. The molecule has 24 heavy (non-hydrogen) atoms. The zero-order valence-corrected chi connectivity index (χ0v) is 14.1. The van der Waals surface area contributed by atoms with Crippen molar-refractivity contribution in [3.63, 3.8) is 0 Å². The van der Waals surface area contributed by atoms with E-state index < -0.39 is 0 Å². The molecule has 2 heterocycles. The number of hydrogen-bond acceptors (Lipinski definition) is 3. The fourth-order valence-corrected chi connectivity index (χ4v) is 3.34. The molecular weight excluding hydrogens is 307 g/mol. The second kappa shape index (κ2) is 6.87. The molecule has 0 radical (unpaired) electrons. The van der Waals surface area contributed by atoms with Gasteiger partial charge in [-0.25, -0.2) is 4.39 Å². The molecule has 1 unspecified atom stereocenters. The van der Waals surface area contributed by atoms with E-state index >= 15 is 0 Å². The number of β-amino-alcohol motifs (C(OH)–C–C–N with tert-alkyl or cyclic N) is 1. The first-order chi connectivity index (χ1) is 11.4. The molecule has 1 aromatic heterocycles. The lowest BCUT2D eigenvalue weighted by Crippen LogP contribution is -2.28. The average Bonchev–Trinajstić information content (AvgIpc) is 3.07. The number of aryl methyl sites for hydroxylation is 1. The molecule has 2 aromatic rings. The molecule has 5 heteroatoms. The lowest BCUT2D eigenvalue weighted by molar-refractivity contribution is 0.0934. The van der Waals surface area contributed by atoms with Gasteiger partial charge in [0.2, 0.25) is 0 Å². The second-order valence-electron chi connectivity index (χ2n) is 6.60. The van der Waals surface area contributed by atoms with Crippen LogP contribution in [0.1, 0.15) is 33.7 Å². The van der Waals surface area contributed by atoms with Crippen molar-refractivity contribution >= 4 is 5.78 Å². The molecule has 0 bridgehead atoms. The van der Waals surface area contributed by atoms with Crippen LogP contribution in [0.3, 0.4) is 0 Å². The standard InChI is InChI=1S/C19H23FN2O2/c1-13-9-18(19(24)12-21-8-7-17(23)11-21)14(2)22(13)10-15-3-5-16(20)6-4-15/h3-6,9,17,23H,7-8,10-12H2,1-2H3. The Bertz CT molecular complexity index is 737. The van der Waals surface area contributed by atoms with E-state index in [-0.39, 0.29) is 17.7 Å². The first-order valence-electron chi connectivity index (χ1n) is 8.29. The van der Waals surface area contributed by atoms with Crippen LogP contribution in [-0.4, -0.2) is 46.1 Å². The van der Waals surface area contributed by atoms with Gasteiger partial charge in [-0.2, -0.15) is 0 Å². The van der Waals surface area contributed by atoms with Gasteiger partial charge in [-0.05, 0) is 44.0 Å². The van der Waals surface area contributed by atoms with E-state index in [0.717, 1.165) is 35.5 Å². The Morgan fingerprint density at radius 1 is 1.29 bits per heavy atom. The van der Waals surface area contributed by atoms with E-state index in [2.05, 4.69) is 4.57 Å². The third-order valence-electron chi connectivity index (χ3n) is 4.74. The van der Waals surface area contributed by atoms with Gasteiger partial charge in [0.05, 0.1) is 12.6 Å². The molecule has 3 rings (SSSR count). The van der Waals surface area contributed by atoms with E-state index in [1.807, 2.05) is 24.8 Å². The maximum Gasteiger partial charge on any atom is 0.178 e. The van der Waals surface area contributed by atoms with Crippen molar-refractivity contribution in [1.29, 1.82) is 0 Å². The van der Waals surface area contributed by atoms with Crippen LogP contribution in [-0.2, 0) is 6.54 Å². The smallest absolute Gasteiger partial charge is 0.178 e. The summed E-state index contributed by atoms with van der Waals surface area (Å²) < 4.78 is 15.1. The number of ketones is 1. The lowest BCUT2D eigenvalue weighted by Gasteiger charge is -2.14. The van der Waals surface area contributed by atoms with Gasteiger partial charge in [0, 0.05) is 36.6 Å². The number of benzene rings is 1. The SMILES string of the molecule is Cc1cc(C(=O)CN2CCC(O)C2)c(C)n1Cc1ccc(F)cc1. The van der Waals surface area contributed by atoms with Gasteiger partial charge in [-0.3, -0.25) is 9.69 Å². The number of carbonyl (C=O) groups excluding carboxylic acids is 1. The van der Waals surface area contributed by atoms with E-state index in [0.29, 0.717) is 19.6 Å². The highest BCUT2D eigenvalue weighted by Crippen LogP contribution is 2.19. The third kappa shape index (κ3) is 3.57. The van der Waals surface area contributed by atoms with Gasteiger partial charge in [0.25, 0.3) is 0 Å². The summed E-state index contributed by atoms with van der Waals surface area (Å²) in [5.74, 6) is -0.161. The van der Waals surface area contributed by atoms with E-state index in [4.69, 9.17) is 0 Å². The summed E-state index contributed by atoms with van der Waals surface area (Å²) in [6, 6.07) is 8.36. The summed E-state index contributed by atoms with van der Waals surface area (Å²) in [7, 11) is 0. The lowest BCUT2D eigenvalue weighted by atomic mass is 10.1. The molecule has 1 aliphatic rings. The van der Waals surface area contributed by atoms with E-state index in [1.165, 1.54) is 12.1 Å². The summed E-state index contributed by atoms with van der Waals surface area (Å²) in [4.78, 5) is 14.6. The van der Waals surface area contributed by atoms with Crippen molar-refractivity contribution < 1.29 is 14.3 Å². The molecule has 0 spiro atoms. The van der Waals surface area contributed by atoms with Crippen LogP contribution in [0.15, 0.2) is 30.3 Å². The number of Topliss-reactive ketones (excluding diaryl/α,β-unsaturated/α-hetero) is 1. The number of aliphatic hydroxyl groups excluding tert-OH is 1. The van der Waals surface area contributed by atoms with Crippen molar-refractivity contribution in [1.82, 2.24) is 9.47 Å². The van der Waals surface area contributed by atoms with Crippen LogP contribution in [0, 0.1) is 19.7 Å². The molecular formula is C19H23FN2O2. The van der Waals surface area contributed by atoms with Crippen molar-refractivity contribution in [3.05, 3.63) is 58.7 Å². The summed E-state index contributed by atoms with van der Waals surface area (Å²) in [5, 5.41) is 9.59. The highest BCUT2D eigenvalue weighted by Gasteiger charge is 2.24. The van der Waals surface area contributed by atoms with Gasteiger partial charge in [-0.15, -0.1) is 0 Å². The highest BCUT2D eigenvalue weighted by atomic mass is 19.1. The largest absolute Gasteiger partial charge is 0.392 e. The summed E-state index contributed by atoms with van der Waals surface area (Å²) in [6.45, 7) is 6.22. The van der Waals surface area contributed by atoms with Crippen molar-refractivity contribution in [2.75, 3.05) is 19.6 Å². The number of aromatic nitrogens is 1. The fraction of sp³-hybridized carbons (Fsp3) is 0.421. The maximum atomic E-state index is 13.0. The number of halogens is 1. The molecule has 4 nitrogen and oxygen atoms in total. The third-order valence-corrected chi connectivity index (χ3v) is 4.74. The minimum Gasteiger partial charge on any atom is -0.392 e. The van der Waals surface area contributed by atoms with Crippen LogP contribution >= 0.6 is 0 Å². The first kappa shape index (κ1) is 16.9. The fourth-order valence-electron chi connectivity index (χ4n) is 3.34. The molecule has 0 saturated carbocycles. The zero-order chi connectivity index (χ0) is 17.3. The van der Waals surface area contributed by atoms with Gasteiger partial charge in [-0.1, -0.05) is 12.1 Å². The molecule has 0 amide bonds. The topological polar surface area (TPSA) is 45.5 Å². The minimum absolute atomic E-state index is 0.0857. The molecule has 1 fully saturated rings. The second-order valence-corrected chi connectivity index (χ2v) is 6.60. The Morgan fingerprint density at radius 3 is 2.62 bits per heavy atom.